The number of nitrogens with one attached hydrogen (secondary N) is 1. The van der Waals surface area contributed by atoms with Crippen LogP contribution in [0.15, 0.2) is 12.4 Å². The van der Waals surface area contributed by atoms with Crippen molar-refractivity contribution in [3.63, 3.8) is 0 Å². The molecule has 0 atom stereocenters. The molecule has 5 nitrogen and oxygen atoms in total. The molecule has 1 aromatic heterocycles. The summed E-state index contributed by atoms with van der Waals surface area (Å²) in [5.74, 6) is 0.951. The van der Waals surface area contributed by atoms with Gasteiger partial charge in [-0.05, 0) is 12.8 Å². The lowest BCUT2D eigenvalue weighted by Crippen LogP contribution is -2.49. The Hall–Kier alpha value is -1.43. The van der Waals surface area contributed by atoms with Crippen LogP contribution in [-0.2, 0) is 18.3 Å². The van der Waals surface area contributed by atoms with Crippen molar-refractivity contribution < 1.29 is 4.79 Å². The third kappa shape index (κ3) is 3.61. The van der Waals surface area contributed by atoms with E-state index in [1.807, 2.05) is 17.8 Å². The SMILES string of the molecule is Cn1ccnc1CCNC(=O)C1(C(N)=S)CCCCCC1. The highest BCUT2D eigenvalue weighted by molar-refractivity contribution is 7.80. The standard InChI is InChI=1S/C15H24N4OS/c1-19-11-10-17-12(19)6-9-18-14(20)15(13(16)21)7-4-2-3-5-8-15/h10-11H,2-9H2,1H3,(H2,16,21)(H,18,20). The average molecular weight is 308 g/mol. The molecule has 1 aliphatic rings. The van der Waals surface area contributed by atoms with E-state index in [0.717, 1.165) is 44.3 Å². The summed E-state index contributed by atoms with van der Waals surface area (Å²) < 4.78 is 1.96. The third-order valence-electron chi connectivity index (χ3n) is 4.42. The van der Waals surface area contributed by atoms with E-state index in [2.05, 4.69) is 10.3 Å². The van der Waals surface area contributed by atoms with Gasteiger partial charge >= 0.3 is 0 Å². The number of carbonyl (C=O) groups is 1. The smallest absolute Gasteiger partial charge is 0.233 e. The molecule has 116 valence electrons. The Morgan fingerprint density at radius 1 is 1.43 bits per heavy atom. The van der Waals surface area contributed by atoms with Gasteiger partial charge < -0.3 is 15.6 Å². The first-order chi connectivity index (χ1) is 10.1. The quantitative estimate of drug-likeness (QED) is 0.641. The van der Waals surface area contributed by atoms with Gasteiger partial charge in [-0.3, -0.25) is 4.79 Å². The zero-order chi connectivity index (χ0) is 15.3. The van der Waals surface area contributed by atoms with E-state index in [1.165, 1.54) is 0 Å². The second-order valence-corrected chi connectivity index (χ2v) is 6.26. The lowest BCUT2D eigenvalue weighted by molar-refractivity contribution is -0.128. The Kier molecular flexibility index (Phi) is 5.33. The first-order valence-corrected chi connectivity index (χ1v) is 8.01. The Morgan fingerprint density at radius 2 is 2.10 bits per heavy atom. The van der Waals surface area contributed by atoms with Gasteiger partial charge in [-0.2, -0.15) is 0 Å². The number of aromatic nitrogens is 2. The van der Waals surface area contributed by atoms with Crippen molar-refractivity contribution in [2.24, 2.45) is 18.2 Å². The van der Waals surface area contributed by atoms with Crippen LogP contribution in [0.25, 0.3) is 0 Å². The van der Waals surface area contributed by atoms with Crippen molar-refractivity contribution in [3.8, 4) is 0 Å². The molecule has 1 heterocycles. The first kappa shape index (κ1) is 15.9. The Bertz CT molecular complexity index is 504. The topological polar surface area (TPSA) is 72.9 Å². The summed E-state index contributed by atoms with van der Waals surface area (Å²) >= 11 is 5.22. The normalized spacial score (nSPS) is 18.0. The number of nitrogens with zero attached hydrogens (tertiary/aromatic N) is 2. The second kappa shape index (κ2) is 7.02. The van der Waals surface area contributed by atoms with E-state index in [9.17, 15) is 4.79 Å². The highest BCUT2D eigenvalue weighted by Crippen LogP contribution is 2.35. The van der Waals surface area contributed by atoms with Crippen molar-refractivity contribution in [2.45, 2.75) is 44.9 Å². The van der Waals surface area contributed by atoms with Gasteiger partial charge in [0, 0.05) is 32.4 Å². The fraction of sp³-hybridized carbons (Fsp3) is 0.667. The number of hydrogen-bond acceptors (Lipinski definition) is 3. The van der Waals surface area contributed by atoms with Gasteiger partial charge in [0.15, 0.2) is 0 Å². The predicted octanol–water partition coefficient (Wildman–Crippen LogP) is 1.71. The number of aryl methyl sites for hydroxylation is 1. The summed E-state index contributed by atoms with van der Waals surface area (Å²) in [6, 6.07) is 0. The molecule has 2 rings (SSSR count). The van der Waals surface area contributed by atoms with Gasteiger partial charge in [-0.25, -0.2) is 4.98 Å². The molecule has 1 saturated carbocycles. The minimum atomic E-state index is -0.645. The molecule has 21 heavy (non-hydrogen) atoms. The zero-order valence-corrected chi connectivity index (χ0v) is 13.4. The van der Waals surface area contributed by atoms with Crippen LogP contribution in [0.2, 0.25) is 0 Å². The monoisotopic (exact) mass is 308 g/mol. The molecule has 0 saturated heterocycles. The molecule has 0 spiro atoms. The molecule has 1 aliphatic carbocycles. The summed E-state index contributed by atoms with van der Waals surface area (Å²) in [7, 11) is 1.95. The van der Waals surface area contributed by atoms with Crippen LogP contribution in [0.5, 0.6) is 0 Å². The van der Waals surface area contributed by atoms with E-state index in [0.29, 0.717) is 18.0 Å². The van der Waals surface area contributed by atoms with Crippen LogP contribution in [0.4, 0.5) is 0 Å². The Morgan fingerprint density at radius 3 is 2.62 bits per heavy atom. The molecule has 0 radical (unpaired) electrons. The molecular formula is C15H24N4OS. The third-order valence-corrected chi connectivity index (χ3v) is 4.81. The fourth-order valence-corrected chi connectivity index (χ4v) is 3.31. The molecule has 0 aromatic carbocycles. The molecule has 1 fully saturated rings. The second-order valence-electron chi connectivity index (χ2n) is 5.82. The molecule has 0 aliphatic heterocycles. The van der Waals surface area contributed by atoms with Crippen LogP contribution in [0, 0.1) is 5.41 Å². The number of thiocarbonyl (C=S) groups is 1. The summed E-state index contributed by atoms with van der Waals surface area (Å²) in [6.07, 6.45) is 10.3. The maximum atomic E-state index is 12.6. The summed E-state index contributed by atoms with van der Waals surface area (Å²) in [4.78, 5) is 17.2. The molecular weight excluding hydrogens is 284 g/mol. The van der Waals surface area contributed by atoms with E-state index >= 15 is 0 Å². The number of imidazole rings is 1. The van der Waals surface area contributed by atoms with Gasteiger partial charge in [-0.15, -0.1) is 0 Å². The Balaban J connectivity index is 1.95. The van der Waals surface area contributed by atoms with E-state index in [-0.39, 0.29) is 5.91 Å². The molecule has 6 heteroatoms. The maximum Gasteiger partial charge on any atom is 0.233 e. The maximum absolute atomic E-state index is 12.6. The molecule has 0 bridgehead atoms. The minimum Gasteiger partial charge on any atom is -0.392 e. The van der Waals surface area contributed by atoms with Gasteiger partial charge in [0.25, 0.3) is 0 Å². The summed E-state index contributed by atoms with van der Waals surface area (Å²) in [6.45, 7) is 0.564. The Labute approximate surface area is 131 Å². The van der Waals surface area contributed by atoms with Crippen molar-refractivity contribution in [1.29, 1.82) is 0 Å². The van der Waals surface area contributed by atoms with Crippen LogP contribution in [0.3, 0.4) is 0 Å². The first-order valence-electron chi connectivity index (χ1n) is 7.61. The highest BCUT2D eigenvalue weighted by atomic mass is 32.1. The number of rotatable bonds is 5. The number of carbonyl (C=O) groups excluding carboxylic acids is 1. The van der Waals surface area contributed by atoms with Crippen molar-refractivity contribution in [2.75, 3.05) is 6.54 Å². The van der Waals surface area contributed by atoms with Crippen LogP contribution in [0.1, 0.15) is 44.3 Å². The molecule has 0 unspecified atom stereocenters. The van der Waals surface area contributed by atoms with Crippen LogP contribution < -0.4 is 11.1 Å². The summed E-state index contributed by atoms with van der Waals surface area (Å²) in [5.41, 5.74) is 5.27. The van der Waals surface area contributed by atoms with Crippen LogP contribution in [-0.4, -0.2) is 27.0 Å². The van der Waals surface area contributed by atoms with Gasteiger partial charge in [0.2, 0.25) is 5.91 Å². The zero-order valence-electron chi connectivity index (χ0n) is 12.6. The van der Waals surface area contributed by atoms with Crippen molar-refractivity contribution in [3.05, 3.63) is 18.2 Å². The van der Waals surface area contributed by atoms with Gasteiger partial charge in [0.1, 0.15) is 5.82 Å². The van der Waals surface area contributed by atoms with E-state index in [4.69, 9.17) is 18.0 Å². The lowest BCUT2D eigenvalue weighted by atomic mass is 9.79. The predicted molar refractivity (Wildman–Crippen MR) is 86.8 cm³/mol. The fourth-order valence-electron chi connectivity index (χ4n) is 3.01. The molecule has 3 N–H and O–H groups in total. The largest absolute Gasteiger partial charge is 0.392 e. The number of amides is 1. The highest BCUT2D eigenvalue weighted by Gasteiger charge is 2.41. The lowest BCUT2D eigenvalue weighted by Gasteiger charge is -2.30. The minimum absolute atomic E-state index is 0.00823. The van der Waals surface area contributed by atoms with Gasteiger partial charge in [0.05, 0.1) is 10.4 Å². The number of nitrogens with two attached hydrogens (primary N) is 1. The van der Waals surface area contributed by atoms with Crippen molar-refractivity contribution in [1.82, 2.24) is 14.9 Å². The van der Waals surface area contributed by atoms with Crippen molar-refractivity contribution >= 4 is 23.1 Å². The molecule has 1 aromatic rings. The van der Waals surface area contributed by atoms with E-state index < -0.39 is 5.41 Å². The average Bonchev–Trinajstić information content (AvgIpc) is 2.73. The van der Waals surface area contributed by atoms with E-state index in [1.54, 1.807) is 6.20 Å². The number of hydrogen-bond donors (Lipinski definition) is 2. The summed E-state index contributed by atoms with van der Waals surface area (Å²) in [5, 5.41) is 3.01. The van der Waals surface area contributed by atoms with Crippen LogP contribution >= 0.6 is 12.2 Å². The molecule has 1 amide bonds. The van der Waals surface area contributed by atoms with Gasteiger partial charge in [-0.1, -0.05) is 37.9 Å².